The van der Waals surface area contributed by atoms with Gasteiger partial charge in [-0.1, -0.05) is 6.08 Å². The average molecular weight is 1320 g/mol. The smallest absolute Gasteiger partial charge is 0.354 e. The number of hydrogen-bond donors (Lipinski definition) is 5. The summed E-state index contributed by atoms with van der Waals surface area (Å²) in [5.41, 5.74) is -3.49. The van der Waals surface area contributed by atoms with E-state index in [1.165, 1.54) is 24.3 Å². The van der Waals surface area contributed by atoms with Crippen molar-refractivity contribution >= 4 is 88.2 Å². The number of benzene rings is 4. The molecule has 29 heteroatoms. The van der Waals surface area contributed by atoms with Gasteiger partial charge in [-0.2, -0.15) is 8.42 Å². The zero-order chi connectivity index (χ0) is 66.4. The highest BCUT2D eigenvalue weighted by Gasteiger charge is 2.45. The number of pyridine rings is 2. The summed E-state index contributed by atoms with van der Waals surface area (Å²) >= 11 is 0. The van der Waals surface area contributed by atoms with E-state index in [0.717, 1.165) is 18.0 Å². The summed E-state index contributed by atoms with van der Waals surface area (Å²) in [5, 5.41) is 22.6. The number of carbonyl (C=O) groups excluding carboxylic acids is 2. The number of aromatic carboxylic acids is 2. The number of carboxylic acids is 2. The molecule has 2 amide bonds. The maximum atomic E-state index is 17.5. The van der Waals surface area contributed by atoms with Gasteiger partial charge in [0.2, 0.25) is 11.3 Å². The molecular weight excluding hydrogens is 1250 g/mol. The molecule has 0 radical (unpaired) electrons. The van der Waals surface area contributed by atoms with Gasteiger partial charge in [0.1, 0.15) is 41.8 Å². The number of nitrogens with zero attached hydrogens (tertiary/aromatic N) is 4. The van der Waals surface area contributed by atoms with E-state index >= 15 is 17.6 Å². The SMILES string of the molecule is Cc1c2nc(C(=O)O)cc(OCCOCCOCCNC(=O)CCN(C)C(=O)c3c(F)c(F)c(F)c(F)c3C3=c4cc5c6c(c4Oc4c3cc3c7c4CCCN7C(C)(C)C=C3CS(=O)(=O)[O-])CCC[N+]=6C(C)(C)C=C5CS(=O)(=O)O)c2cc2c(=O)cc(C(=O)O)[nH]c12. The number of hydrogen-bond acceptors (Lipinski definition) is 16. The Bertz CT molecular complexity index is 4760. The molecule has 0 atom stereocenters. The molecule has 6 aromatic rings. The van der Waals surface area contributed by atoms with Gasteiger partial charge in [-0.25, -0.2) is 45.1 Å². The first kappa shape index (κ1) is 64.9. The third-order valence-corrected chi connectivity index (χ3v) is 18.5. The lowest BCUT2D eigenvalue weighted by Crippen LogP contribution is -2.53. The van der Waals surface area contributed by atoms with E-state index in [1.807, 2.05) is 37.2 Å². The van der Waals surface area contributed by atoms with Crippen LogP contribution < -0.4 is 40.3 Å². The van der Waals surface area contributed by atoms with Crippen LogP contribution in [-0.4, -0.2) is 164 Å². The van der Waals surface area contributed by atoms with Crippen molar-refractivity contribution in [2.45, 2.75) is 77.8 Å². The standard InChI is InChI=1S/C63H62F4N6O17S2/c1-30-53-37(43(74)24-41(69-53)60(77)78)23-38-44(25-42(61(79)80)70-54(30)38)89-20-19-88-18-17-87-16-12-68-45(75)11-15-71(6)59(76)48-47(49(64)51(66)52(67)50(48)65)46-39-21-35-31(28-91(81,82)83)26-62(2,3)72-13-7-9-33(55(35)72)57(39)90-58-34-10-8-14-73-56(34)36(22-40(46)58)32(27-63(73,4)5)29-92(84,85)86/h21-27H,7-20,28-29H2,1-6H3,(H5-,68,69,70,74,75,77,78,79,80,81,82,83,84,85,86). The van der Waals surface area contributed by atoms with Crippen molar-refractivity contribution in [2.75, 3.05) is 82.7 Å². The van der Waals surface area contributed by atoms with E-state index < -0.39 is 125 Å². The second-order valence-electron chi connectivity index (χ2n) is 24.2. The normalized spacial score (nSPS) is 16.0. The Labute approximate surface area is 522 Å². The number of ether oxygens (including phenoxy) is 4. The maximum Gasteiger partial charge on any atom is 0.354 e. The van der Waals surface area contributed by atoms with Crippen LogP contribution in [0.4, 0.5) is 23.2 Å². The number of fused-ring (bicyclic) bond motifs is 6. The number of aromatic amines is 1. The number of carbonyl (C=O) groups is 4. The summed E-state index contributed by atoms with van der Waals surface area (Å²) in [6, 6.07) is 6.32. The van der Waals surface area contributed by atoms with E-state index in [0.29, 0.717) is 59.1 Å². The molecule has 0 spiro atoms. The quantitative estimate of drug-likeness (QED) is 0.0115. The van der Waals surface area contributed by atoms with Crippen LogP contribution in [0.25, 0.3) is 38.5 Å². The minimum absolute atomic E-state index is 0.0146. The molecular formula is C63H62F4N6O17S2. The number of halogens is 4. The zero-order valence-corrected chi connectivity index (χ0v) is 52.2. The van der Waals surface area contributed by atoms with Crippen molar-refractivity contribution in [3.63, 3.8) is 0 Å². The first-order chi connectivity index (χ1) is 43.3. The molecule has 2 aromatic heterocycles. The Hall–Kier alpha value is -8.61. The van der Waals surface area contributed by atoms with Crippen LogP contribution in [0.15, 0.2) is 47.3 Å². The summed E-state index contributed by atoms with van der Waals surface area (Å²) in [4.78, 5) is 74.3. The summed E-state index contributed by atoms with van der Waals surface area (Å²) in [7, 11) is -8.62. The first-order valence-electron chi connectivity index (χ1n) is 29.2. The lowest BCUT2D eigenvalue weighted by Gasteiger charge is -2.48. The topological polar surface area (TPSA) is 324 Å². The van der Waals surface area contributed by atoms with Crippen molar-refractivity contribution in [1.29, 1.82) is 0 Å². The molecule has 0 fully saturated rings. The van der Waals surface area contributed by atoms with Gasteiger partial charge in [-0.05, 0) is 81.0 Å². The highest BCUT2D eigenvalue weighted by molar-refractivity contribution is 7.86. The summed E-state index contributed by atoms with van der Waals surface area (Å²) in [6.07, 6.45) is 4.28. The molecule has 7 heterocycles. The molecule has 486 valence electrons. The Morgan fingerprint density at radius 3 is 2.21 bits per heavy atom. The third-order valence-electron chi connectivity index (χ3n) is 17.1. The molecule has 4 aromatic carbocycles. The number of rotatable bonds is 21. The van der Waals surface area contributed by atoms with Crippen molar-refractivity contribution in [1.82, 2.24) is 24.8 Å². The van der Waals surface area contributed by atoms with Crippen molar-refractivity contribution < 1.29 is 91.8 Å². The van der Waals surface area contributed by atoms with Gasteiger partial charge >= 0.3 is 11.9 Å². The fourth-order valence-corrected chi connectivity index (χ4v) is 14.4. The number of aromatic nitrogens is 2. The highest BCUT2D eigenvalue weighted by atomic mass is 32.2. The molecule has 92 heavy (non-hydrogen) atoms. The second-order valence-corrected chi connectivity index (χ2v) is 27.1. The maximum absolute atomic E-state index is 17.5. The Kier molecular flexibility index (Phi) is 17.0. The fourth-order valence-electron chi connectivity index (χ4n) is 13.2. The van der Waals surface area contributed by atoms with Gasteiger partial charge in [0.25, 0.3) is 16.0 Å². The summed E-state index contributed by atoms with van der Waals surface area (Å²) < 4.78 is 166. The lowest BCUT2D eigenvalue weighted by atomic mass is 9.78. The van der Waals surface area contributed by atoms with Crippen LogP contribution >= 0.6 is 0 Å². The molecule has 0 saturated heterocycles. The lowest BCUT2D eigenvalue weighted by molar-refractivity contribution is -0.121. The molecule has 0 saturated carbocycles. The van der Waals surface area contributed by atoms with Crippen LogP contribution in [0.3, 0.4) is 0 Å². The van der Waals surface area contributed by atoms with Crippen LogP contribution in [-0.2, 0) is 47.3 Å². The molecule has 5 N–H and O–H groups in total. The Morgan fingerprint density at radius 1 is 0.826 bits per heavy atom. The Morgan fingerprint density at radius 2 is 1.51 bits per heavy atom. The van der Waals surface area contributed by atoms with Crippen LogP contribution in [0, 0.1) is 30.2 Å². The van der Waals surface area contributed by atoms with Gasteiger partial charge in [-0.15, -0.1) is 0 Å². The predicted molar refractivity (Wildman–Crippen MR) is 326 cm³/mol. The average Bonchev–Trinajstić information content (AvgIpc) is 0.697. The van der Waals surface area contributed by atoms with E-state index in [9.17, 15) is 60.1 Å². The predicted octanol–water partition coefficient (Wildman–Crippen LogP) is 5.36. The minimum atomic E-state index is -4.99. The molecule has 5 aliphatic heterocycles. The van der Waals surface area contributed by atoms with Crippen molar-refractivity contribution in [3.05, 3.63) is 142 Å². The van der Waals surface area contributed by atoms with E-state index in [4.69, 9.17) is 18.9 Å². The van der Waals surface area contributed by atoms with E-state index in [-0.39, 0.29) is 131 Å². The van der Waals surface area contributed by atoms with Crippen molar-refractivity contribution in [2.24, 2.45) is 0 Å². The van der Waals surface area contributed by atoms with Gasteiger partial charge in [0, 0.05) is 109 Å². The van der Waals surface area contributed by atoms with Crippen molar-refractivity contribution in [3.8, 4) is 17.2 Å². The van der Waals surface area contributed by atoms with Gasteiger partial charge in [0.15, 0.2) is 39.9 Å². The van der Waals surface area contributed by atoms with Gasteiger partial charge in [-0.3, -0.25) is 18.9 Å². The third kappa shape index (κ3) is 12.0. The molecule has 11 rings (SSSR count). The minimum Gasteiger partial charge on any atom is -0.748 e. The van der Waals surface area contributed by atoms with E-state index in [2.05, 4.69) is 15.3 Å². The van der Waals surface area contributed by atoms with Crippen LogP contribution in [0.2, 0.25) is 0 Å². The molecule has 0 aliphatic carbocycles. The van der Waals surface area contributed by atoms with Crippen LogP contribution in [0.5, 0.6) is 17.2 Å². The number of aryl methyl sites for hydroxylation is 1. The number of carboxylic acid groups (broad SMARTS) is 2. The Balaban J connectivity index is 0.838. The summed E-state index contributed by atoms with van der Waals surface area (Å²) in [5.74, 6) is -15.3. The number of anilines is 1. The number of H-pyrrole nitrogens is 1. The van der Waals surface area contributed by atoms with Gasteiger partial charge < -0.3 is 53.8 Å². The highest BCUT2D eigenvalue weighted by Crippen LogP contribution is 2.53. The monoisotopic (exact) mass is 1310 g/mol. The van der Waals surface area contributed by atoms with Gasteiger partial charge in [0.05, 0.1) is 81.2 Å². The number of nitrogens with one attached hydrogen (secondary N) is 2. The van der Waals surface area contributed by atoms with E-state index in [1.54, 1.807) is 19.1 Å². The fraction of sp³-hybridized carbons (Fsp3) is 0.381. The van der Waals surface area contributed by atoms with Crippen LogP contribution in [0.1, 0.15) is 117 Å². The second kappa shape index (κ2) is 24.1. The zero-order valence-electron chi connectivity index (χ0n) is 50.5. The first-order valence-corrected chi connectivity index (χ1v) is 32.4. The number of amides is 2. The molecule has 0 unspecified atom stereocenters. The molecule has 5 aliphatic rings. The molecule has 23 nitrogen and oxygen atoms in total. The largest absolute Gasteiger partial charge is 0.748 e. The summed E-state index contributed by atoms with van der Waals surface area (Å²) in [6.45, 7) is 9.18. The molecule has 0 bridgehead atoms.